The molecule has 1 saturated carbocycles. The van der Waals surface area contributed by atoms with Gasteiger partial charge in [-0.15, -0.1) is 0 Å². The fourth-order valence-corrected chi connectivity index (χ4v) is 5.39. The largest absolute Gasteiger partial charge is 0.306 e. The zero-order valence-corrected chi connectivity index (χ0v) is 13.5. The third-order valence-corrected chi connectivity index (χ3v) is 6.81. The van der Waals surface area contributed by atoms with Crippen molar-refractivity contribution in [2.75, 3.05) is 46.3 Å². The molecule has 0 aromatic heterocycles. The molecule has 0 radical (unpaired) electrons. The molecule has 0 aromatic carbocycles. The van der Waals surface area contributed by atoms with Crippen LogP contribution in [0.3, 0.4) is 0 Å². The molecule has 1 aliphatic carbocycles. The van der Waals surface area contributed by atoms with E-state index >= 15 is 0 Å². The second kappa shape index (κ2) is 4.69. The van der Waals surface area contributed by atoms with Crippen molar-refractivity contribution in [3.05, 3.63) is 0 Å². The molecular weight excluding hydrogens is 246 g/mol. The van der Waals surface area contributed by atoms with Crippen LogP contribution in [-0.4, -0.2) is 73.1 Å². The van der Waals surface area contributed by atoms with E-state index in [1.54, 1.807) is 0 Å². The van der Waals surface area contributed by atoms with Gasteiger partial charge in [0.2, 0.25) is 0 Å². The van der Waals surface area contributed by atoms with Gasteiger partial charge in [-0.05, 0) is 77.0 Å². The van der Waals surface area contributed by atoms with Crippen LogP contribution in [0.4, 0.5) is 0 Å². The Bertz CT molecular complexity index is 360. The van der Waals surface area contributed by atoms with E-state index in [0.29, 0.717) is 5.41 Å². The SMILES string of the molecule is CC(C)N1CCC2(CC1)CCN(C1C3CN(C)CC31)C2. The molecule has 3 saturated heterocycles. The second-order valence-corrected chi connectivity index (χ2v) is 8.39. The minimum atomic E-state index is 0.689. The molecule has 2 atom stereocenters. The lowest BCUT2D eigenvalue weighted by atomic mass is 9.77. The molecule has 4 aliphatic rings. The van der Waals surface area contributed by atoms with Gasteiger partial charge in [-0.25, -0.2) is 0 Å². The van der Waals surface area contributed by atoms with Crippen LogP contribution < -0.4 is 0 Å². The van der Waals surface area contributed by atoms with Gasteiger partial charge in [0.25, 0.3) is 0 Å². The summed E-state index contributed by atoms with van der Waals surface area (Å²) in [5.74, 6) is 2.04. The Hall–Kier alpha value is -0.120. The molecule has 0 bridgehead atoms. The van der Waals surface area contributed by atoms with Crippen LogP contribution >= 0.6 is 0 Å². The molecule has 0 amide bonds. The molecule has 0 aromatic rings. The maximum atomic E-state index is 2.88. The summed E-state index contributed by atoms with van der Waals surface area (Å²) in [5, 5.41) is 0. The van der Waals surface area contributed by atoms with E-state index in [-0.39, 0.29) is 0 Å². The first-order valence-electron chi connectivity index (χ1n) is 8.75. The summed E-state index contributed by atoms with van der Waals surface area (Å²) in [6, 6.07) is 1.71. The van der Waals surface area contributed by atoms with E-state index in [4.69, 9.17) is 0 Å². The van der Waals surface area contributed by atoms with E-state index < -0.39 is 0 Å². The molecule has 1 spiro atoms. The summed E-state index contributed by atoms with van der Waals surface area (Å²) in [4.78, 5) is 8.08. The van der Waals surface area contributed by atoms with Crippen molar-refractivity contribution in [3.63, 3.8) is 0 Å². The molecule has 3 nitrogen and oxygen atoms in total. The molecule has 20 heavy (non-hydrogen) atoms. The van der Waals surface area contributed by atoms with Crippen LogP contribution in [0.1, 0.15) is 33.1 Å². The minimum absolute atomic E-state index is 0.689. The van der Waals surface area contributed by atoms with Gasteiger partial charge in [-0.2, -0.15) is 0 Å². The van der Waals surface area contributed by atoms with Crippen molar-refractivity contribution in [2.24, 2.45) is 17.3 Å². The van der Waals surface area contributed by atoms with Crippen LogP contribution in [0, 0.1) is 17.3 Å². The van der Waals surface area contributed by atoms with Gasteiger partial charge in [0.15, 0.2) is 0 Å². The fourth-order valence-electron chi connectivity index (χ4n) is 5.39. The van der Waals surface area contributed by atoms with E-state index in [0.717, 1.165) is 23.9 Å². The second-order valence-electron chi connectivity index (χ2n) is 8.39. The Kier molecular flexibility index (Phi) is 3.17. The Labute approximate surface area is 124 Å². The normalized spacial score (nSPS) is 41.7. The Balaban J connectivity index is 1.33. The van der Waals surface area contributed by atoms with Crippen LogP contribution in [0.5, 0.6) is 0 Å². The first kappa shape index (κ1) is 13.5. The molecule has 3 heterocycles. The van der Waals surface area contributed by atoms with Gasteiger partial charge in [0, 0.05) is 31.7 Å². The molecule has 4 fully saturated rings. The standard InChI is InChI=1S/C17H31N3/c1-13(2)19-7-4-17(5-8-19)6-9-20(12-17)16-14-10-18(3)11-15(14)16/h13-16H,4-12H2,1-3H3. The highest BCUT2D eigenvalue weighted by Crippen LogP contribution is 2.52. The van der Waals surface area contributed by atoms with Crippen molar-refractivity contribution in [1.29, 1.82) is 0 Å². The Morgan fingerprint density at radius 3 is 2.15 bits per heavy atom. The maximum absolute atomic E-state index is 2.88. The van der Waals surface area contributed by atoms with Gasteiger partial charge in [-0.3, -0.25) is 4.90 Å². The number of piperidine rings is 2. The average Bonchev–Trinajstić information content (AvgIpc) is 2.77. The summed E-state index contributed by atoms with van der Waals surface area (Å²) >= 11 is 0. The highest BCUT2D eigenvalue weighted by Gasteiger charge is 2.59. The number of hydrogen-bond acceptors (Lipinski definition) is 3. The van der Waals surface area contributed by atoms with E-state index in [9.17, 15) is 0 Å². The molecule has 3 aliphatic heterocycles. The predicted octanol–water partition coefficient (Wildman–Crippen LogP) is 1.74. The number of likely N-dealkylation sites (tertiary alicyclic amines) is 3. The lowest BCUT2D eigenvalue weighted by Crippen LogP contribution is -2.44. The van der Waals surface area contributed by atoms with E-state index in [2.05, 4.69) is 35.6 Å². The quantitative estimate of drug-likeness (QED) is 0.761. The van der Waals surface area contributed by atoms with E-state index in [1.807, 2.05) is 0 Å². The van der Waals surface area contributed by atoms with Crippen molar-refractivity contribution < 1.29 is 0 Å². The number of rotatable bonds is 2. The summed E-state index contributed by atoms with van der Waals surface area (Å²) < 4.78 is 0. The van der Waals surface area contributed by atoms with Crippen LogP contribution in [0.15, 0.2) is 0 Å². The highest BCUT2D eigenvalue weighted by molar-refractivity contribution is 5.12. The number of hydrogen-bond donors (Lipinski definition) is 0. The maximum Gasteiger partial charge on any atom is 0.0184 e. The molecule has 3 heteroatoms. The molecule has 2 unspecified atom stereocenters. The summed E-state index contributed by atoms with van der Waals surface area (Å²) in [6.07, 6.45) is 4.37. The molecule has 0 N–H and O–H groups in total. The number of fused-ring (bicyclic) bond motifs is 1. The molecule has 4 rings (SSSR count). The third kappa shape index (κ3) is 2.13. The van der Waals surface area contributed by atoms with Crippen molar-refractivity contribution in [1.82, 2.24) is 14.7 Å². The Morgan fingerprint density at radius 2 is 1.55 bits per heavy atom. The Morgan fingerprint density at radius 1 is 0.950 bits per heavy atom. The van der Waals surface area contributed by atoms with Crippen molar-refractivity contribution in [3.8, 4) is 0 Å². The minimum Gasteiger partial charge on any atom is -0.306 e. The van der Waals surface area contributed by atoms with Gasteiger partial charge in [0.05, 0.1) is 0 Å². The zero-order chi connectivity index (χ0) is 13.9. The summed E-state index contributed by atoms with van der Waals surface area (Å²) in [6.45, 7) is 12.9. The zero-order valence-electron chi connectivity index (χ0n) is 13.5. The van der Waals surface area contributed by atoms with Crippen LogP contribution in [0.2, 0.25) is 0 Å². The number of nitrogens with zero attached hydrogens (tertiary/aromatic N) is 3. The summed E-state index contributed by atoms with van der Waals surface area (Å²) in [7, 11) is 2.29. The van der Waals surface area contributed by atoms with Gasteiger partial charge >= 0.3 is 0 Å². The summed E-state index contributed by atoms with van der Waals surface area (Å²) in [5.41, 5.74) is 0.689. The third-order valence-electron chi connectivity index (χ3n) is 6.81. The van der Waals surface area contributed by atoms with Crippen LogP contribution in [-0.2, 0) is 0 Å². The average molecular weight is 277 g/mol. The van der Waals surface area contributed by atoms with Gasteiger partial charge < -0.3 is 9.80 Å². The fraction of sp³-hybridized carbons (Fsp3) is 1.00. The first-order valence-corrected chi connectivity index (χ1v) is 8.75. The van der Waals surface area contributed by atoms with Gasteiger partial charge in [-0.1, -0.05) is 0 Å². The van der Waals surface area contributed by atoms with Crippen molar-refractivity contribution >= 4 is 0 Å². The first-order chi connectivity index (χ1) is 9.58. The lowest BCUT2D eigenvalue weighted by Gasteiger charge is -2.41. The van der Waals surface area contributed by atoms with Crippen LogP contribution in [0.25, 0.3) is 0 Å². The molecule has 114 valence electrons. The van der Waals surface area contributed by atoms with E-state index in [1.165, 1.54) is 58.5 Å². The van der Waals surface area contributed by atoms with Gasteiger partial charge in [0.1, 0.15) is 0 Å². The smallest absolute Gasteiger partial charge is 0.0184 e. The molecular formula is C17H31N3. The lowest BCUT2D eigenvalue weighted by molar-refractivity contribution is 0.0842. The monoisotopic (exact) mass is 277 g/mol. The topological polar surface area (TPSA) is 9.72 Å². The highest BCUT2D eigenvalue weighted by atomic mass is 15.3. The predicted molar refractivity (Wildman–Crippen MR) is 82.8 cm³/mol. The van der Waals surface area contributed by atoms with Crippen molar-refractivity contribution in [2.45, 2.75) is 45.2 Å².